The first-order chi connectivity index (χ1) is 9.55. The van der Waals surface area contributed by atoms with E-state index in [1.54, 1.807) is 19.2 Å². The molecule has 0 fully saturated rings. The first-order valence-corrected chi connectivity index (χ1v) is 6.23. The van der Waals surface area contributed by atoms with E-state index in [2.05, 4.69) is 6.08 Å². The second-order valence-corrected chi connectivity index (χ2v) is 4.75. The number of rotatable bonds is 3. The monoisotopic (exact) mass is 269 g/mol. The van der Waals surface area contributed by atoms with Crippen LogP contribution in [0.3, 0.4) is 0 Å². The zero-order chi connectivity index (χ0) is 14.7. The van der Waals surface area contributed by atoms with Gasteiger partial charge >= 0.3 is 5.63 Å². The van der Waals surface area contributed by atoms with E-state index >= 15 is 0 Å². The molecule has 0 saturated carbocycles. The third-order valence-corrected chi connectivity index (χ3v) is 2.99. The first-order valence-electron chi connectivity index (χ1n) is 6.23. The molecule has 20 heavy (non-hydrogen) atoms. The van der Waals surface area contributed by atoms with Gasteiger partial charge in [0.2, 0.25) is 0 Å². The summed E-state index contributed by atoms with van der Waals surface area (Å²) in [4.78, 5) is 11.5. The highest BCUT2D eigenvalue weighted by molar-refractivity contribution is 5.80. The lowest BCUT2D eigenvalue weighted by molar-refractivity contribution is 0.410. The van der Waals surface area contributed by atoms with Crippen molar-refractivity contribution in [3.63, 3.8) is 0 Å². The predicted octanol–water partition coefficient (Wildman–Crippen LogP) is 3.18. The summed E-state index contributed by atoms with van der Waals surface area (Å²) < 4.78 is 10.5. The summed E-state index contributed by atoms with van der Waals surface area (Å²) in [6, 6.07) is 6.96. The molecule has 0 spiro atoms. The molecule has 2 aromatic rings. The minimum atomic E-state index is -0.626. The Morgan fingerprint density at radius 1 is 1.40 bits per heavy atom. The molecule has 102 valence electrons. The van der Waals surface area contributed by atoms with Crippen LogP contribution in [0.25, 0.3) is 11.0 Å². The molecule has 1 heterocycles. The van der Waals surface area contributed by atoms with Crippen LogP contribution in [0.5, 0.6) is 5.75 Å². The summed E-state index contributed by atoms with van der Waals surface area (Å²) in [6.07, 6.45) is 2.82. The van der Waals surface area contributed by atoms with Gasteiger partial charge in [-0.05, 0) is 38.0 Å². The lowest BCUT2D eigenvalue weighted by atomic mass is 10.1. The van der Waals surface area contributed by atoms with E-state index in [-0.39, 0.29) is 5.56 Å². The zero-order valence-electron chi connectivity index (χ0n) is 11.7. The molecular weight excluding hydrogens is 254 g/mol. The fourth-order valence-electron chi connectivity index (χ4n) is 1.94. The van der Waals surface area contributed by atoms with E-state index in [1.165, 1.54) is 5.57 Å². The quantitative estimate of drug-likeness (QED) is 0.634. The fourth-order valence-corrected chi connectivity index (χ4v) is 1.94. The molecule has 0 aliphatic rings. The highest BCUT2D eigenvalue weighted by Gasteiger charge is 2.09. The van der Waals surface area contributed by atoms with Crippen LogP contribution in [-0.4, -0.2) is 7.11 Å². The largest absolute Gasteiger partial charge is 0.496 e. The molecule has 0 radical (unpaired) electrons. The molecule has 4 heteroatoms. The van der Waals surface area contributed by atoms with Gasteiger partial charge in [0, 0.05) is 11.5 Å². The van der Waals surface area contributed by atoms with Gasteiger partial charge in [-0.25, -0.2) is 4.79 Å². The smallest absolute Gasteiger partial charge is 0.354 e. The third kappa shape index (κ3) is 2.72. The Kier molecular flexibility index (Phi) is 3.90. The summed E-state index contributed by atoms with van der Waals surface area (Å²) in [5.74, 6) is 0.669. The van der Waals surface area contributed by atoms with Gasteiger partial charge in [-0.1, -0.05) is 11.6 Å². The molecule has 0 saturated heterocycles. The van der Waals surface area contributed by atoms with E-state index in [0.29, 0.717) is 11.3 Å². The van der Waals surface area contributed by atoms with Gasteiger partial charge in [0.25, 0.3) is 0 Å². The molecule has 0 N–H and O–H groups in total. The van der Waals surface area contributed by atoms with Crippen LogP contribution in [-0.2, 0) is 6.42 Å². The van der Waals surface area contributed by atoms with E-state index in [4.69, 9.17) is 14.4 Å². The second-order valence-electron chi connectivity index (χ2n) is 4.75. The number of ether oxygens (including phenoxy) is 1. The molecule has 0 bridgehead atoms. The van der Waals surface area contributed by atoms with Gasteiger partial charge in [-0.3, -0.25) is 0 Å². The molecule has 0 atom stereocenters. The Morgan fingerprint density at radius 3 is 2.75 bits per heavy atom. The van der Waals surface area contributed by atoms with Crippen LogP contribution < -0.4 is 10.4 Å². The number of fused-ring (bicyclic) bond motifs is 1. The van der Waals surface area contributed by atoms with Gasteiger partial charge in [0.05, 0.1) is 7.11 Å². The van der Waals surface area contributed by atoms with Crippen molar-refractivity contribution in [3.8, 4) is 11.8 Å². The maximum absolute atomic E-state index is 11.5. The maximum atomic E-state index is 11.5. The topological polar surface area (TPSA) is 63.2 Å². The van der Waals surface area contributed by atoms with Crippen molar-refractivity contribution in [2.24, 2.45) is 0 Å². The average molecular weight is 269 g/mol. The molecule has 0 unspecified atom stereocenters. The van der Waals surface area contributed by atoms with E-state index in [9.17, 15) is 4.79 Å². The molecule has 0 aliphatic carbocycles. The zero-order valence-corrected chi connectivity index (χ0v) is 11.7. The first kappa shape index (κ1) is 13.9. The number of nitriles is 1. The number of hydrogen-bond donors (Lipinski definition) is 0. The van der Waals surface area contributed by atoms with Crippen LogP contribution in [0.2, 0.25) is 0 Å². The third-order valence-electron chi connectivity index (χ3n) is 2.99. The van der Waals surface area contributed by atoms with Gasteiger partial charge in [0.1, 0.15) is 23.0 Å². The number of allylic oxidation sites excluding steroid dienone is 2. The molecule has 1 aromatic carbocycles. The summed E-state index contributed by atoms with van der Waals surface area (Å²) in [5.41, 5.74) is 2.00. The Balaban J connectivity index is 2.64. The van der Waals surface area contributed by atoms with E-state index < -0.39 is 5.63 Å². The highest BCUT2D eigenvalue weighted by atomic mass is 16.5. The summed E-state index contributed by atoms with van der Waals surface area (Å²) >= 11 is 0. The van der Waals surface area contributed by atoms with Gasteiger partial charge < -0.3 is 9.15 Å². The lowest BCUT2D eigenvalue weighted by Gasteiger charge is -2.08. The summed E-state index contributed by atoms with van der Waals surface area (Å²) in [6.45, 7) is 4.06. The van der Waals surface area contributed by atoms with Crippen molar-refractivity contribution >= 4 is 11.0 Å². The van der Waals surface area contributed by atoms with Crippen LogP contribution in [0.1, 0.15) is 25.0 Å². The highest BCUT2D eigenvalue weighted by Crippen LogP contribution is 2.26. The number of benzene rings is 1. The van der Waals surface area contributed by atoms with Crippen molar-refractivity contribution < 1.29 is 9.15 Å². The molecule has 0 amide bonds. The number of methoxy groups -OCH3 is 1. The molecular formula is C16H15NO3. The van der Waals surface area contributed by atoms with Crippen LogP contribution in [0, 0.1) is 11.3 Å². The van der Waals surface area contributed by atoms with E-state index in [0.717, 1.165) is 17.4 Å². The Bertz CT molecular complexity index is 775. The van der Waals surface area contributed by atoms with Crippen LogP contribution in [0.15, 0.2) is 39.1 Å². The Morgan fingerprint density at radius 2 is 2.15 bits per heavy atom. The minimum Gasteiger partial charge on any atom is -0.496 e. The van der Waals surface area contributed by atoms with Crippen LogP contribution >= 0.6 is 0 Å². The number of hydrogen-bond acceptors (Lipinski definition) is 4. The Hall–Kier alpha value is -2.54. The average Bonchev–Trinajstić information content (AvgIpc) is 2.43. The second kappa shape index (κ2) is 5.62. The summed E-state index contributed by atoms with van der Waals surface area (Å²) in [7, 11) is 1.58. The van der Waals surface area contributed by atoms with Crippen molar-refractivity contribution in [2.75, 3.05) is 7.11 Å². The van der Waals surface area contributed by atoms with Crippen molar-refractivity contribution in [1.82, 2.24) is 0 Å². The number of nitrogens with zero attached hydrogens (tertiary/aromatic N) is 1. The maximum Gasteiger partial charge on any atom is 0.354 e. The Labute approximate surface area is 116 Å². The lowest BCUT2D eigenvalue weighted by Crippen LogP contribution is -2.03. The van der Waals surface area contributed by atoms with Gasteiger partial charge in [-0.2, -0.15) is 5.26 Å². The van der Waals surface area contributed by atoms with Gasteiger partial charge in [-0.15, -0.1) is 0 Å². The molecule has 2 rings (SSSR count). The van der Waals surface area contributed by atoms with Crippen LogP contribution in [0.4, 0.5) is 0 Å². The molecule has 0 aliphatic heterocycles. The van der Waals surface area contributed by atoms with Crippen molar-refractivity contribution in [2.45, 2.75) is 20.3 Å². The van der Waals surface area contributed by atoms with Crippen molar-refractivity contribution in [3.05, 3.63) is 51.4 Å². The standard InChI is InChI=1S/C16H15NO3/c1-10(2)4-5-11-6-12-7-13(9-17)16(18)20-15(12)8-14(11)19-3/h4,6-8H,5H2,1-3H3. The normalized spacial score (nSPS) is 10.1. The summed E-state index contributed by atoms with van der Waals surface area (Å²) in [5, 5.41) is 9.60. The molecule has 4 nitrogen and oxygen atoms in total. The van der Waals surface area contributed by atoms with Gasteiger partial charge in [0.15, 0.2) is 0 Å². The predicted molar refractivity (Wildman–Crippen MR) is 76.9 cm³/mol. The molecule has 1 aromatic heterocycles. The van der Waals surface area contributed by atoms with E-state index in [1.807, 2.05) is 26.0 Å². The fraction of sp³-hybridized carbons (Fsp3) is 0.250. The SMILES string of the molecule is COc1cc2oc(=O)c(C#N)cc2cc1CC=C(C)C. The minimum absolute atomic E-state index is 0.0100. The van der Waals surface area contributed by atoms with Crippen molar-refractivity contribution in [1.29, 1.82) is 5.26 Å².